The van der Waals surface area contributed by atoms with E-state index in [-0.39, 0.29) is 0 Å². The van der Waals surface area contributed by atoms with Gasteiger partial charge in [-0.05, 0) is 38.1 Å². The SMILES string of the molecule is Cc1c(N)c(=NCCN=c2c(N)c(C)n(C)n2-c2ccccc2)n(-c2ccccc2)n1C. The number of para-hydroxylation sites is 2. The van der Waals surface area contributed by atoms with E-state index in [9.17, 15) is 0 Å². The number of anilines is 2. The summed E-state index contributed by atoms with van der Waals surface area (Å²) < 4.78 is 8.08. The molecule has 0 amide bonds. The van der Waals surface area contributed by atoms with E-state index in [0.29, 0.717) is 24.5 Å². The molecule has 2 aromatic carbocycles. The topological polar surface area (TPSA) is 96.5 Å². The summed E-state index contributed by atoms with van der Waals surface area (Å²) in [6, 6.07) is 20.2. The Labute approximate surface area is 187 Å². The lowest BCUT2D eigenvalue weighted by Crippen LogP contribution is -2.24. The number of hydrogen-bond acceptors (Lipinski definition) is 4. The van der Waals surface area contributed by atoms with Gasteiger partial charge in [0.25, 0.3) is 0 Å². The highest BCUT2D eigenvalue weighted by molar-refractivity contribution is 5.45. The molecule has 4 aromatic rings. The Bertz CT molecular complexity index is 1260. The smallest absolute Gasteiger partial charge is 0.172 e. The molecule has 32 heavy (non-hydrogen) atoms. The minimum absolute atomic E-state index is 0.489. The van der Waals surface area contributed by atoms with Gasteiger partial charge in [-0.1, -0.05) is 36.4 Å². The summed E-state index contributed by atoms with van der Waals surface area (Å²) in [6.45, 7) is 4.97. The number of nitrogens with zero attached hydrogens (tertiary/aromatic N) is 6. The fourth-order valence-electron chi connectivity index (χ4n) is 3.83. The lowest BCUT2D eigenvalue weighted by molar-refractivity contribution is 0.614. The first-order valence-corrected chi connectivity index (χ1v) is 10.6. The highest BCUT2D eigenvalue weighted by Crippen LogP contribution is 2.12. The average Bonchev–Trinajstić information content (AvgIpc) is 3.17. The molecule has 0 aliphatic carbocycles. The molecule has 0 bridgehead atoms. The van der Waals surface area contributed by atoms with Gasteiger partial charge in [0.15, 0.2) is 11.0 Å². The van der Waals surface area contributed by atoms with E-state index in [1.54, 1.807) is 0 Å². The monoisotopic (exact) mass is 430 g/mol. The molecule has 8 nitrogen and oxygen atoms in total. The molecule has 0 unspecified atom stereocenters. The summed E-state index contributed by atoms with van der Waals surface area (Å²) in [5.41, 5.74) is 19.5. The minimum atomic E-state index is 0.489. The van der Waals surface area contributed by atoms with E-state index < -0.39 is 0 Å². The van der Waals surface area contributed by atoms with Crippen molar-refractivity contribution in [3.05, 3.63) is 83.0 Å². The third kappa shape index (κ3) is 3.64. The fraction of sp³-hybridized carbons (Fsp3) is 0.250. The molecular weight excluding hydrogens is 400 g/mol. The van der Waals surface area contributed by atoms with Crippen LogP contribution in [0.3, 0.4) is 0 Å². The minimum Gasteiger partial charge on any atom is -0.394 e. The van der Waals surface area contributed by atoms with Crippen LogP contribution in [0.25, 0.3) is 11.4 Å². The maximum atomic E-state index is 6.39. The Morgan fingerprint density at radius 2 is 0.969 bits per heavy atom. The molecule has 4 rings (SSSR count). The summed E-state index contributed by atoms with van der Waals surface area (Å²) in [4.78, 5) is 9.61. The predicted molar refractivity (Wildman–Crippen MR) is 129 cm³/mol. The first-order chi connectivity index (χ1) is 15.4. The zero-order valence-electron chi connectivity index (χ0n) is 19.0. The molecule has 0 saturated heterocycles. The highest BCUT2D eigenvalue weighted by Gasteiger charge is 2.13. The van der Waals surface area contributed by atoms with Crippen LogP contribution in [0.15, 0.2) is 70.6 Å². The number of nitrogen functional groups attached to an aromatic ring is 2. The van der Waals surface area contributed by atoms with Crippen molar-refractivity contribution in [2.45, 2.75) is 13.8 Å². The Balaban J connectivity index is 1.72. The highest BCUT2D eigenvalue weighted by atomic mass is 15.4. The van der Waals surface area contributed by atoms with Crippen molar-refractivity contribution in [1.29, 1.82) is 0 Å². The molecule has 0 spiro atoms. The number of nitrogens with two attached hydrogens (primary N) is 2. The Hall–Kier alpha value is -3.94. The van der Waals surface area contributed by atoms with Crippen molar-refractivity contribution in [1.82, 2.24) is 18.7 Å². The van der Waals surface area contributed by atoms with Gasteiger partial charge >= 0.3 is 0 Å². The van der Waals surface area contributed by atoms with Crippen molar-refractivity contribution in [2.75, 3.05) is 24.6 Å². The van der Waals surface area contributed by atoms with Crippen LogP contribution < -0.4 is 22.4 Å². The largest absolute Gasteiger partial charge is 0.394 e. The van der Waals surface area contributed by atoms with E-state index in [1.165, 1.54) is 0 Å². The van der Waals surface area contributed by atoms with Crippen LogP contribution in [0.4, 0.5) is 11.4 Å². The molecule has 8 heteroatoms. The van der Waals surface area contributed by atoms with E-state index in [0.717, 1.165) is 33.7 Å². The van der Waals surface area contributed by atoms with Gasteiger partial charge < -0.3 is 11.5 Å². The number of aromatic nitrogens is 4. The molecule has 2 heterocycles. The van der Waals surface area contributed by atoms with Gasteiger partial charge in [0.2, 0.25) is 0 Å². The first-order valence-electron chi connectivity index (χ1n) is 10.6. The van der Waals surface area contributed by atoms with E-state index in [1.807, 2.05) is 107 Å². The van der Waals surface area contributed by atoms with Gasteiger partial charge in [0.1, 0.15) is 0 Å². The van der Waals surface area contributed by atoms with Crippen LogP contribution in [0.1, 0.15) is 11.4 Å². The third-order valence-electron chi connectivity index (χ3n) is 5.86. The number of benzene rings is 2. The zero-order valence-corrected chi connectivity index (χ0v) is 19.0. The Kier molecular flexibility index (Phi) is 5.77. The van der Waals surface area contributed by atoms with Crippen LogP contribution in [-0.2, 0) is 14.1 Å². The van der Waals surface area contributed by atoms with Crippen molar-refractivity contribution < 1.29 is 0 Å². The molecule has 0 atom stereocenters. The second-order valence-corrected chi connectivity index (χ2v) is 7.75. The lowest BCUT2D eigenvalue weighted by Gasteiger charge is -2.09. The van der Waals surface area contributed by atoms with E-state index in [2.05, 4.69) is 0 Å². The van der Waals surface area contributed by atoms with Crippen LogP contribution in [0, 0.1) is 13.8 Å². The fourth-order valence-corrected chi connectivity index (χ4v) is 3.83. The van der Waals surface area contributed by atoms with Gasteiger partial charge in [-0.3, -0.25) is 19.3 Å². The number of rotatable bonds is 5. The second kappa shape index (κ2) is 8.66. The molecule has 166 valence electrons. The molecule has 0 radical (unpaired) electrons. The molecule has 0 saturated carbocycles. The van der Waals surface area contributed by atoms with Gasteiger partial charge in [-0.2, -0.15) is 0 Å². The third-order valence-corrected chi connectivity index (χ3v) is 5.86. The van der Waals surface area contributed by atoms with Crippen LogP contribution in [0.5, 0.6) is 0 Å². The quantitative estimate of drug-likeness (QED) is 0.475. The molecule has 2 aromatic heterocycles. The summed E-state index contributed by atoms with van der Waals surface area (Å²) in [5, 5.41) is 0. The maximum Gasteiger partial charge on any atom is 0.172 e. The van der Waals surface area contributed by atoms with Crippen LogP contribution in [0.2, 0.25) is 0 Å². The standard InChI is InChI=1S/C24H30N8/c1-17-21(25)23(31(29(17)3)19-11-7-5-8-12-19)27-15-16-28-24-22(26)18(2)30(4)32(24)20-13-9-6-10-14-20/h5-14H,15-16,25-26H2,1-4H3. The predicted octanol–water partition coefficient (Wildman–Crippen LogP) is 2.23. The molecule has 0 aliphatic rings. The zero-order chi connectivity index (χ0) is 22.8. The summed E-state index contributed by atoms with van der Waals surface area (Å²) >= 11 is 0. The van der Waals surface area contributed by atoms with Gasteiger partial charge in [0.05, 0.1) is 47.2 Å². The summed E-state index contributed by atoms with van der Waals surface area (Å²) in [7, 11) is 3.97. The van der Waals surface area contributed by atoms with Crippen molar-refractivity contribution in [3.63, 3.8) is 0 Å². The van der Waals surface area contributed by atoms with E-state index >= 15 is 0 Å². The Morgan fingerprint density at radius 3 is 1.31 bits per heavy atom. The van der Waals surface area contributed by atoms with Gasteiger partial charge in [0, 0.05) is 14.1 Å². The van der Waals surface area contributed by atoms with Crippen molar-refractivity contribution in [3.8, 4) is 11.4 Å². The Morgan fingerprint density at radius 1 is 0.625 bits per heavy atom. The van der Waals surface area contributed by atoms with Gasteiger partial charge in [-0.15, -0.1) is 0 Å². The van der Waals surface area contributed by atoms with Crippen molar-refractivity contribution >= 4 is 11.4 Å². The average molecular weight is 431 g/mol. The molecular formula is C24H30N8. The summed E-state index contributed by atoms with van der Waals surface area (Å²) in [6.07, 6.45) is 0. The lowest BCUT2D eigenvalue weighted by atomic mass is 10.3. The van der Waals surface area contributed by atoms with E-state index in [4.69, 9.17) is 21.5 Å². The molecule has 0 fully saturated rings. The van der Waals surface area contributed by atoms with Gasteiger partial charge in [-0.25, -0.2) is 9.36 Å². The summed E-state index contributed by atoms with van der Waals surface area (Å²) in [5.74, 6) is 0. The molecule has 0 aliphatic heterocycles. The normalized spacial score (nSPS) is 12.6. The van der Waals surface area contributed by atoms with Crippen LogP contribution in [-0.4, -0.2) is 31.8 Å². The number of hydrogen-bond donors (Lipinski definition) is 2. The first kappa shape index (κ1) is 21.3. The van der Waals surface area contributed by atoms with Crippen molar-refractivity contribution in [2.24, 2.45) is 24.1 Å². The van der Waals surface area contributed by atoms with Crippen LogP contribution >= 0.6 is 0 Å². The maximum absolute atomic E-state index is 6.39. The molecule has 4 N–H and O–H groups in total. The second-order valence-electron chi connectivity index (χ2n) is 7.75.